The zero-order chi connectivity index (χ0) is 33.7. The Hall–Kier alpha value is -4.57. The lowest BCUT2D eigenvalue weighted by molar-refractivity contribution is -0.141. The van der Waals surface area contributed by atoms with Crippen molar-refractivity contribution in [3.05, 3.63) is 81.5 Å². The fourth-order valence-corrected chi connectivity index (χ4v) is 6.59. The molecule has 4 atom stereocenters. The van der Waals surface area contributed by atoms with E-state index in [1.807, 2.05) is 61.2 Å². The number of fused-ring (bicyclic) bond motifs is 3. The standard InChI is InChI=1S/C37H45N3O7/c1-7-22(2)34(37(43)40-17-18-47-32(21-40)24-11-9-8-10-12-24)39-29-16-14-26-27(20-30(29)42)28(38-23(3)41)15-13-25-19-31(44-4)35(45-5)36(46-6)33(25)26/h8-12,14,16,19-20,22,28,32,34H,7,13,15,17-18,21H2,1-6H3,(H,38,41)(H,39,42)/t22-,28+,32+,34+/m1/s1. The molecule has 47 heavy (non-hydrogen) atoms. The Morgan fingerprint density at radius 2 is 1.77 bits per heavy atom. The van der Waals surface area contributed by atoms with Crippen molar-refractivity contribution in [3.8, 4) is 28.4 Å². The molecule has 2 amide bonds. The summed E-state index contributed by atoms with van der Waals surface area (Å²) >= 11 is 0. The van der Waals surface area contributed by atoms with E-state index in [1.54, 1.807) is 33.5 Å². The summed E-state index contributed by atoms with van der Waals surface area (Å²) in [6, 6.07) is 15.9. The largest absolute Gasteiger partial charge is 0.493 e. The number of morpholine rings is 1. The number of aryl methyl sites for hydroxylation is 1. The summed E-state index contributed by atoms with van der Waals surface area (Å²) in [7, 11) is 4.69. The molecule has 0 bridgehead atoms. The Morgan fingerprint density at radius 3 is 2.43 bits per heavy atom. The lowest BCUT2D eigenvalue weighted by Crippen LogP contribution is -2.51. The fraction of sp³-hybridized carbons (Fsp3) is 0.432. The van der Waals surface area contributed by atoms with Gasteiger partial charge in [-0.05, 0) is 59.2 Å². The molecular formula is C37H45N3O7. The summed E-state index contributed by atoms with van der Waals surface area (Å²) in [5.74, 6) is 1.11. The van der Waals surface area contributed by atoms with E-state index in [4.69, 9.17) is 18.9 Å². The lowest BCUT2D eigenvalue weighted by atomic mass is 9.95. The van der Waals surface area contributed by atoms with Crippen LogP contribution in [-0.4, -0.2) is 63.8 Å². The smallest absolute Gasteiger partial charge is 0.245 e. The van der Waals surface area contributed by atoms with Crippen molar-refractivity contribution in [2.75, 3.05) is 46.3 Å². The molecule has 1 aliphatic heterocycles. The molecule has 10 heteroatoms. The number of methoxy groups -OCH3 is 3. The number of carbonyl (C=O) groups is 2. The van der Waals surface area contributed by atoms with Gasteiger partial charge in [-0.1, -0.05) is 56.7 Å². The SMILES string of the molecule is CC[C@@H](C)[C@H](Nc1ccc2c(cc1=O)[C@@H](NC(C)=O)CCc1cc(OC)c(OC)c(OC)c1-2)C(=O)N1CCO[C@H](c2ccccc2)C1. The monoisotopic (exact) mass is 643 g/mol. The van der Waals surface area contributed by atoms with E-state index in [2.05, 4.69) is 10.6 Å². The minimum absolute atomic E-state index is 0.0621. The average molecular weight is 644 g/mol. The number of hydrogen-bond acceptors (Lipinski definition) is 8. The highest BCUT2D eigenvalue weighted by atomic mass is 16.5. The highest BCUT2D eigenvalue weighted by Gasteiger charge is 2.34. The first-order chi connectivity index (χ1) is 22.7. The van der Waals surface area contributed by atoms with Gasteiger partial charge in [0.05, 0.1) is 46.2 Å². The van der Waals surface area contributed by atoms with E-state index >= 15 is 0 Å². The number of carbonyl (C=O) groups excluding carboxylic acids is 2. The minimum atomic E-state index is -0.637. The summed E-state index contributed by atoms with van der Waals surface area (Å²) in [4.78, 5) is 42.3. The maximum Gasteiger partial charge on any atom is 0.245 e. The second-order valence-electron chi connectivity index (χ2n) is 12.2. The third-order valence-corrected chi connectivity index (χ3v) is 9.26. The third-order valence-electron chi connectivity index (χ3n) is 9.26. The first-order valence-corrected chi connectivity index (χ1v) is 16.2. The molecule has 250 valence electrons. The molecule has 1 heterocycles. The van der Waals surface area contributed by atoms with Crippen molar-refractivity contribution in [2.45, 2.75) is 58.2 Å². The predicted octanol–water partition coefficient (Wildman–Crippen LogP) is 5.29. The first-order valence-electron chi connectivity index (χ1n) is 16.2. The molecule has 3 aromatic carbocycles. The van der Waals surface area contributed by atoms with Crippen LogP contribution in [0.2, 0.25) is 0 Å². The van der Waals surface area contributed by atoms with Crippen LogP contribution in [-0.2, 0) is 20.7 Å². The quantitative estimate of drug-likeness (QED) is 0.306. The van der Waals surface area contributed by atoms with Gasteiger partial charge in [0, 0.05) is 19.0 Å². The molecule has 3 aromatic rings. The van der Waals surface area contributed by atoms with Crippen molar-refractivity contribution >= 4 is 17.5 Å². The van der Waals surface area contributed by atoms with Crippen LogP contribution in [0.4, 0.5) is 5.69 Å². The Bertz CT molecular complexity index is 1660. The van der Waals surface area contributed by atoms with Gasteiger partial charge in [-0.2, -0.15) is 0 Å². The van der Waals surface area contributed by atoms with Crippen LogP contribution in [0, 0.1) is 5.92 Å². The van der Waals surface area contributed by atoms with Crippen LogP contribution in [0.15, 0.2) is 59.4 Å². The molecule has 0 aromatic heterocycles. The topological polar surface area (TPSA) is 115 Å². The van der Waals surface area contributed by atoms with Crippen molar-refractivity contribution < 1.29 is 28.5 Å². The first kappa shape index (κ1) is 33.8. The molecule has 1 aliphatic carbocycles. The maximum atomic E-state index is 14.1. The van der Waals surface area contributed by atoms with Crippen molar-refractivity contribution in [1.29, 1.82) is 0 Å². The number of ether oxygens (including phenoxy) is 4. The van der Waals surface area contributed by atoms with E-state index in [1.165, 1.54) is 6.92 Å². The van der Waals surface area contributed by atoms with E-state index < -0.39 is 12.1 Å². The van der Waals surface area contributed by atoms with Gasteiger partial charge in [-0.25, -0.2) is 0 Å². The predicted molar refractivity (Wildman–Crippen MR) is 181 cm³/mol. The molecule has 0 saturated carbocycles. The molecule has 0 radical (unpaired) electrons. The van der Waals surface area contributed by atoms with E-state index in [-0.39, 0.29) is 29.3 Å². The van der Waals surface area contributed by atoms with E-state index in [0.29, 0.717) is 61.0 Å². The number of nitrogens with zero attached hydrogens (tertiary/aromatic N) is 1. The molecule has 0 spiro atoms. The summed E-state index contributed by atoms with van der Waals surface area (Å²) in [5.41, 5.74) is 4.13. The van der Waals surface area contributed by atoms with Gasteiger partial charge in [-0.3, -0.25) is 14.4 Å². The molecule has 1 fully saturated rings. The highest BCUT2D eigenvalue weighted by molar-refractivity contribution is 5.86. The Kier molecular flexibility index (Phi) is 10.7. The molecule has 10 nitrogen and oxygen atoms in total. The van der Waals surface area contributed by atoms with Crippen LogP contribution in [0.25, 0.3) is 11.1 Å². The number of hydrogen-bond donors (Lipinski definition) is 2. The number of rotatable bonds is 10. The zero-order valence-electron chi connectivity index (χ0n) is 28.1. The van der Waals surface area contributed by atoms with Gasteiger partial charge in [0.2, 0.25) is 23.0 Å². The van der Waals surface area contributed by atoms with Gasteiger partial charge in [0.15, 0.2) is 11.5 Å². The van der Waals surface area contributed by atoms with Crippen LogP contribution in [0.3, 0.4) is 0 Å². The molecule has 0 unspecified atom stereocenters. The average Bonchev–Trinajstić information content (AvgIpc) is 3.33. The summed E-state index contributed by atoms with van der Waals surface area (Å²) in [6.07, 6.45) is 1.67. The Morgan fingerprint density at radius 1 is 1.02 bits per heavy atom. The number of anilines is 1. The van der Waals surface area contributed by atoms with Gasteiger partial charge in [0.25, 0.3) is 0 Å². The van der Waals surface area contributed by atoms with Crippen LogP contribution < -0.4 is 30.3 Å². The lowest BCUT2D eigenvalue weighted by Gasteiger charge is -2.37. The Labute approximate surface area is 276 Å². The van der Waals surface area contributed by atoms with E-state index in [9.17, 15) is 14.4 Å². The highest BCUT2D eigenvalue weighted by Crippen LogP contribution is 2.50. The number of nitrogens with one attached hydrogen (secondary N) is 2. The van der Waals surface area contributed by atoms with Crippen LogP contribution in [0.1, 0.15) is 62.4 Å². The summed E-state index contributed by atoms with van der Waals surface area (Å²) in [6.45, 7) is 6.85. The second kappa shape index (κ2) is 14.9. The molecule has 5 rings (SSSR count). The summed E-state index contributed by atoms with van der Waals surface area (Å²) < 4.78 is 23.3. The molecule has 2 aliphatic rings. The zero-order valence-corrected chi connectivity index (χ0v) is 28.1. The van der Waals surface area contributed by atoms with Gasteiger partial charge >= 0.3 is 0 Å². The van der Waals surface area contributed by atoms with Crippen molar-refractivity contribution in [1.82, 2.24) is 10.2 Å². The summed E-state index contributed by atoms with van der Waals surface area (Å²) in [5, 5.41) is 6.39. The van der Waals surface area contributed by atoms with Crippen LogP contribution in [0.5, 0.6) is 17.2 Å². The van der Waals surface area contributed by atoms with E-state index in [0.717, 1.165) is 28.7 Å². The van der Waals surface area contributed by atoms with Gasteiger partial charge < -0.3 is 34.5 Å². The van der Waals surface area contributed by atoms with Crippen LogP contribution >= 0.6 is 0 Å². The fourth-order valence-electron chi connectivity index (χ4n) is 6.59. The van der Waals surface area contributed by atoms with Crippen molar-refractivity contribution in [2.24, 2.45) is 5.92 Å². The van der Waals surface area contributed by atoms with Gasteiger partial charge in [0.1, 0.15) is 12.1 Å². The van der Waals surface area contributed by atoms with Gasteiger partial charge in [-0.15, -0.1) is 0 Å². The van der Waals surface area contributed by atoms with Crippen molar-refractivity contribution in [3.63, 3.8) is 0 Å². The number of benzene rings is 2. The number of amides is 2. The maximum absolute atomic E-state index is 14.1. The molecule has 1 saturated heterocycles. The third kappa shape index (κ3) is 7.07. The normalized spacial score (nSPS) is 18.5. The minimum Gasteiger partial charge on any atom is -0.493 e. The second-order valence-corrected chi connectivity index (χ2v) is 12.2. The molecular weight excluding hydrogens is 598 g/mol. The molecule has 2 N–H and O–H groups in total. The Balaban J connectivity index is 1.57.